The van der Waals surface area contributed by atoms with E-state index in [1.54, 1.807) is 19.1 Å². The second-order valence-electron chi connectivity index (χ2n) is 5.56. The van der Waals surface area contributed by atoms with Crippen LogP contribution in [0.3, 0.4) is 0 Å². The van der Waals surface area contributed by atoms with Crippen molar-refractivity contribution in [2.75, 3.05) is 4.72 Å². The van der Waals surface area contributed by atoms with Crippen LogP contribution in [0.25, 0.3) is 0 Å². The molecule has 0 aliphatic carbocycles. The summed E-state index contributed by atoms with van der Waals surface area (Å²) in [6, 6.07) is 5.97. The van der Waals surface area contributed by atoms with Gasteiger partial charge in [-0.1, -0.05) is 18.7 Å². The minimum atomic E-state index is -4.32. The molecule has 0 saturated heterocycles. The Hall–Kier alpha value is -2.43. The Labute approximate surface area is 155 Å². The summed E-state index contributed by atoms with van der Waals surface area (Å²) >= 11 is 1.47. The van der Waals surface area contributed by atoms with E-state index in [2.05, 4.69) is 16.9 Å². The molecule has 140 valence electrons. The van der Waals surface area contributed by atoms with E-state index in [1.807, 2.05) is 17.0 Å². The van der Waals surface area contributed by atoms with Crippen molar-refractivity contribution in [3.05, 3.63) is 58.2 Å². The number of allylic oxidation sites excluding steroid dienone is 1. The minimum Gasteiger partial charge on any atom is -0.416 e. The number of alkyl carbamates (subject to hydrolysis) is 1. The predicted octanol–water partition coefficient (Wildman–Crippen LogP) is 3.21. The van der Waals surface area contributed by atoms with Gasteiger partial charge in [-0.3, -0.25) is 9.27 Å². The molecule has 26 heavy (non-hydrogen) atoms. The van der Waals surface area contributed by atoms with E-state index in [0.29, 0.717) is 12.1 Å². The SMILES string of the molecule is C=C(C)OC(=O)N[C@@H](Cc1ccc(NS(=O)(=O)O)cc1)c1csc(C)n1. The number of aryl methyl sites for hydroxylation is 1. The van der Waals surface area contributed by atoms with E-state index < -0.39 is 22.4 Å². The summed E-state index contributed by atoms with van der Waals surface area (Å²) in [5.74, 6) is 0.274. The molecule has 8 nitrogen and oxygen atoms in total. The van der Waals surface area contributed by atoms with Gasteiger partial charge < -0.3 is 10.1 Å². The number of rotatable bonds is 7. The first-order valence-electron chi connectivity index (χ1n) is 7.52. The molecule has 10 heteroatoms. The van der Waals surface area contributed by atoms with Crippen LogP contribution in [0.15, 0.2) is 42.0 Å². The summed E-state index contributed by atoms with van der Waals surface area (Å²) in [5, 5.41) is 5.47. The van der Waals surface area contributed by atoms with E-state index in [9.17, 15) is 13.2 Å². The molecule has 2 rings (SSSR count). The summed E-state index contributed by atoms with van der Waals surface area (Å²) in [4.78, 5) is 16.3. The largest absolute Gasteiger partial charge is 0.416 e. The second kappa shape index (κ2) is 8.30. The first kappa shape index (κ1) is 19.9. The number of nitrogens with zero attached hydrogens (tertiary/aromatic N) is 1. The molecule has 2 aromatic rings. The summed E-state index contributed by atoms with van der Waals surface area (Å²) in [5.41, 5.74) is 1.76. The predicted molar refractivity (Wildman–Crippen MR) is 99.3 cm³/mol. The maximum absolute atomic E-state index is 11.9. The number of ether oxygens (including phenoxy) is 1. The van der Waals surface area contributed by atoms with E-state index in [-0.39, 0.29) is 11.4 Å². The number of carbonyl (C=O) groups is 1. The fourth-order valence-electron chi connectivity index (χ4n) is 2.19. The molecule has 0 unspecified atom stereocenters. The van der Waals surface area contributed by atoms with Crippen LogP contribution in [0.5, 0.6) is 0 Å². The van der Waals surface area contributed by atoms with Crippen LogP contribution in [-0.2, 0) is 21.5 Å². The van der Waals surface area contributed by atoms with Gasteiger partial charge >= 0.3 is 16.4 Å². The van der Waals surface area contributed by atoms with Gasteiger partial charge in [0.1, 0.15) is 0 Å². The molecule has 0 spiro atoms. The van der Waals surface area contributed by atoms with Crippen molar-refractivity contribution >= 4 is 33.4 Å². The number of carbonyl (C=O) groups excluding carboxylic acids is 1. The Bertz CT molecular complexity index is 891. The van der Waals surface area contributed by atoms with Crippen LogP contribution < -0.4 is 10.0 Å². The van der Waals surface area contributed by atoms with Crippen molar-refractivity contribution in [1.82, 2.24) is 10.3 Å². The van der Waals surface area contributed by atoms with Crippen molar-refractivity contribution in [3.8, 4) is 0 Å². The van der Waals surface area contributed by atoms with E-state index in [0.717, 1.165) is 10.6 Å². The van der Waals surface area contributed by atoms with E-state index >= 15 is 0 Å². The van der Waals surface area contributed by atoms with Crippen molar-refractivity contribution in [1.29, 1.82) is 0 Å². The number of aromatic nitrogens is 1. The average molecular weight is 397 g/mol. The second-order valence-corrected chi connectivity index (χ2v) is 7.77. The third kappa shape index (κ3) is 6.47. The monoisotopic (exact) mass is 397 g/mol. The van der Waals surface area contributed by atoms with Gasteiger partial charge in [0, 0.05) is 5.38 Å². The number of thiazole rings is 1. The number of benzene rings is 1. The molecular formula is C16H19N3O5S2. The van der Waals surface area contributed by atoms with Crippen LogP contribution in [0.1, 0.15) is 29.2 Å². The lowest BCUT2D eigenvalue weighted by molar-refractivity contribution is 0.172. The molecule has 0 aliphatic rings. The maximum atomic E-state index is 11.9. The Morgan fingerprint density at radius 3 is 2.54 bits per heavy atom. The van der Waals surface area contributed by atoms with Gasteiger partial charge in [0.15, 0.2) is 0 Å². The number of hydrogen-bond acceptors (Lipinski definition) is 6. The van der Waals surface area contributed by atoms with Crippen molar-refractivity contribution in [3.63, 3.8) is 0 Å². The molecule has 0 bridgehead atoms. The van der Waals surface area contributed by atoms with Gasteiger partial charge in [-0.15, -0.1) is 11.3 Å². The van der Waals surface area contributed by atoms with Crippen LogP contribution in [0.2, 0.25) is 0 Å². The highest BCUT2D eigenvalue weighted by Gasteiger charge is 2.19. The minimum absolute atomic E-state index is 0.229. The van der Waals surface area contributed by atoms with Gasteiger partial charge in [-0.25, -0.2) is 9.78 Å². The molecule has 1 atom stereocenters. The van der Waals surface area contributed by atoms with Gasteiger partial charge in [0.2, 0.25) is 0 Å². The van der Waals surface area contributed by atoms with Crippen LogP contribution in [-0.4, -0.2) is 24.0 Å². The molecular weight excluding hydrogens is 378 g/mol. The van der Waals surface area contributed by atoms with Crippen LogP contribution in [0.4, 0.5) is 10.5 Å². The Balaban J connectivity index is 2.15. The maximum Gasteiger partial charge on any atom is 0.412 e. The number of anilines is 1. The average Bonchev–Trinajstić information content (AvgIpc) is 2.93. The zero-order chi connectivity index (χ0) is 19.3. The van der Waals surface area contributed by atoms with Crippen LogP contribution >= 0.6 is 11.3 Å². The number of amides is 1. The third-order valence-corrected chi connectivity index (χ3v) is 4.48. The fraction of sp³-hybridized carbons (Fsp3) is 0.250. The van der Waals surface area contributed by atoms with Gasteiger partial charge in [-0.05, 0) is 38.0 Å². The zero-order valence-electron chi connectivity index (χ0n) is 14.2. The van der Waals surface area contributed by atoms with Crippen LogP contribution in [0, 0.1) is 6.92 Å². The zero-order valence-corrected chi connectivity index (χ0v) is 15.9. The Morgan fingerprint density at radius 2 is 2.04 bits per heavy atom. The highest BCUT2D eigenvalue weighted by Crippen LogP contribution is 2.22. The molecule has 0 saturated carbocycles. The van der Waals surface area contributed by atoms with Gasteiger partial charge in [0.25, 0.3) is 0 Å². The lowest BCUT2D eigenvalue weighted by atomic mass is 10.0. The normalized spacial score (nSPS) is 12.3. The molecule has 3 N–H and O–H groups in total. The lowest BCUT2D eigenvalue weighted by Crippen LogP contribution is -2.30. The standard InChI is InChI=1S/C16H19N3O5S2/c1-10(2)24-16(20)18-14(15-9-25-11(3)17-15)8-12-4-6-13(7-5-12)19-26(21,22)23/h4-7,9,14,19H,1,8H2,2-3H3,(H,18,20)(H,21,22,23)/t14-/m0/s1. The molecule has 1 aromatic heterocycles. The quantitative estimate of drug-likeness (QED) is 0.488. The third-order valence-electron chi connectivity index (χ3n) is 3.19. The van der Waals surface area contributed by atoms with Crippen molar-refractivity contribution in [2.45, 2.75) is 26.3 Å². The number of nitrogens with one attached hydrogen (secondary N) is 2. The van der Waals surface area contributed by atoms with E-state index in [4.69, 9.17) is 9.29 Å². The molecule has 1 aromatic carbocycles. The van der Waals surface area contributed by atoms with Gasteiger partial charge in [-0.2, -0.15) is 8.42 Å². The highest BCUT2D eigenvalue weighted by atomic mass is 32.2. The molecule has 0 radical (unpaired) electrons. The summed E-state index contributed by atoms with van der Waals surface area (Å²) in [6.07, 6.45) is -0.210. The summed E-state index contributed by atoms with van der Waals surface area (Å²) in [7, 11) is -4.32. The molecule has 0 aliphatic heterocycles. The molecule has 1 amide bonds. The summed E-state index contributed by atoms with van der Waals surface area (Å²) in [6.45, 7) is 6.97. The molecule has 0 fully saturated rings. The first-order chi connectivity index (χ1) is 12.1. The van der Waals surface area contributed by atoms with Gasteiger partial charge in [0.05, 0.1) is 28.2 Å². The Morgan fingerprint density at radius 1 is 1.38 bits per heavy atom. The first-order valence-corrected chi connectivity index (χ1v) is 9.84. The van der Waals surface area contributed by atoms with E-state index in [1.165, 1.54) is 23.5 Å². The lowest BCUT2D eigenvalue weighted by Gasteiger charge is -2.17. The Kier molecular flexibility index (Phi) is 6.35. The molecule has 1 heterocycles. The van der Waals surface area contributed by atoms with Crippen molar-refractivity contribution < 1.29 is 22.5 Å². The summed E-state index contributed by atoms with van der Waals surface area (Å²) < 4.78 is 37.4. The highest BCUT2D eigenvalue weighted by molar-refractivity contribution is 7.87. The fourth-order valence-corrected chi connectivity index (χ4v) is 3.29. The topological polar surface area (TPSA) is 118 Å². The van der Waals surface area contributed by atoms with Crippen molar-refractivity contribution in [2.24, 2.45) is 0 Å². The number of hydrogen-bond donors (Lipinski definition) is 3. The smallest absolute Gasteiger partial charge is 0.412 e.